The Hall–Kier alpha value is -1.47. The monoisotopic (exact) mass is 208 g/mol. The standard InChI is InChI=1S/C9H10N3O3/c13-9(14)8-7(10-11-12(8)15)6-4-2-1-3-5-6/h1-5,7-8,10-11H,(H,13,14)/q-1. The van der Waals surface area contributed by atoms with E-state index in [-0.39, 0.29) is 0 Å². The van der Waals surface area contributed by atoms with Gasteiger partial charge in [0.1, 0.15) is 6.04 Å². The third-order valence-electron chi connectivity index (χ3n) is 2.31. The summed E-state index contributed by atoms with van der Waals surface area (Å²) in [6.07, 6.45) is 0. The third-order valence-corrected chi connectivity index (χ3v) is 2.31. The van der Waals surface area contributed by atoms with E-state index in [2.05, 4.69) is 11.0 Å². The molecule has 2 unspecified atom stereocenters. The number of nitrogens with zero attached hydrogens (tertiary/aromatic N) is 1. The molecule has 15 heavy (non-hydrogen) atoms. The molecule has 1 aromatic carbocycles. The quantitative estimate of drug-likeness (QED) is 0.634. The van der Waals surface area contributed by atoms with E-state index >= 15 is 0 Å². The molecule has 2 rings (SSSR count). The minimum absolute atomic E-state index is 0.306. The first kappa shape index (κ1) is 10.1. The molecule has 1 aliphatic rings. The van der Waals surface area contributed by atoms with Gasteiger partial charge >= 0.3 is 5.97 Å². The zero-order chi connectivity index (χ0) is 10.8. The maximum atomic E-state index is 11.2. The third kappa shape index (κ3) is 1.83. The van der Waals surface area contributed by atoms with Crippen molar-refractivity contribution in [3.63, 3.8) is 0 Å². The lowest BCUT2D eigenvalue weighted by Gasteiger charge is -2.26. The number of hydrogen-bond acceptors (Lipinski definition) is 5. The lowest BCUT2D eigenvalue weighted by molar-refractivity contribution is -0.142. The number of carboxylic acid groups (broad SMARTS) is 1. The highest BCUT2D eigenvalue weighted by Gasteiger charge is 2.35. The Morgan fingerprint density at radius 1 is 1.40 bits per heavy atom. The van der Waals surface area contributed by atoms with Crippen LogP contribution in [0.25, 0.3) is 0 Å². The summed E-state index contributed by atoms with van der Waals surface area (Å²) < 4.78 is 0. The molecule has 0 bridgehead atoms. The van der Waals surface area contributed by atoms with Crippen molar-refractivity contribution in [3.05, 3.63) is 41.1 Å². The van der Waals surface area contributed by atoms with Crippen LogP contribution in [-0.4, -0.2) is 22.3 Å². The van der Waals surface area contributed by atoms with Crippen LogP contribution in [0, 0.1) is 5.21 Å². The van der Waals surface area contributed by atoms with E-state index in [1.807, 2.05) is 6.07 Å². The second-order valence-electron chi connectivity index (χ2n) is 3.25. The first-order chi connectivity index (χ1) is 7.20. The molecule has 0 saturated carbocycles. The zero-order valence-electron chi connectivity index (χ0n) is 7.75. The normalized spacial score (nSPS) is 26.7. The Labute approximate surface area is 86.0 Å². The molecule has 6 nitrogen and oxygen atoms in total. The summed E-state index contributed by atoms with van der Waals surface area (Å²) in [6, 6.07) is 7.28. The largest absolute Gasteiger partial charge is 0.770 e. The fourth-order valence-electron chi connectivity index (χ4n) is 1.59. The summed E-state index contributed by atoms with van der Waals surface area (Å²) in [4.78, 5) is 10.9. The number of hydrazine groups is 2. The topological polar surface area (TPSA) is 87.7 Å². The van der Waals surface area contributed by atoms with Gasteiger partial charge < -0.3 is 10.3 Å². The Morgan fingerprint density at radius 3 is 2.67 bits per heavy atom. The number of hydrogen-bond donors (Lipinski definition) is 3. The van der Waals surface area contributed by atoms with Gasteiger partial charge in [-0.2, -0.15) is 0 Å². The van der Waals surface area contributed by atoms with Crippen molar-refractivity contribution in [1.29, 1.82) is 0 Å². The summed E-state index contributed by atoms with van der Waals surface area (Å²) in [5, 5.41) is 20.4. The van der Waals surface area contributed by atoms with Gasteiger partial charge in [-0.1, -0.05) is 30.3 Å². The van der Waals surface area contributed by atoms with Crippen LogP contribution in [0.2, 0.25) is 0 Å². The zero-order valence-corrected chi connectivity index (χ0v) is 7.75. The van der Waals surface area contributed by atoms with Gasteiger partial charge in [0, 0.05) is 0 Å². The van der Waals surface area contributed by atoms with Crippen molar-refractivity contribution in [2.24, 2.45) is 0 Å². The van der Waals surface area contributed by atoms with Gasteiger partial charge in [0.15, 0.2) is 0 Å². The SMILES string of the molecule is O=C(O)C1C(c2ccccc2)NNN1[O-]. The van der Waals surface area contributed by atoms with Crippen molar-refractivity contribution in [2.75, 3.05) is 0 Å². The molecule has 80 valence electrons. The van der Waals surface area contributed by atoms with E-state index in [9.17, 15) is 10.0 Å². The minimum Gasteiger partial charge on any atom is -0.770 e. The van der Waals surface area contributed by atoms with Crippen LogP contribution in [0.4, 0.5) is 0 Å². The fraction of sp³-hybridized carbons (Fsp3) is 0.222. The van der Waals surface area contributed by atoms with Crippen molar-refractivity contribution < 1.29 is 9.90 Å². The van der Waals surface area contributed by atoms with Crippen LogP contribution in [0.3, 0.4) is 0 Å². The molecule has 2 atom stereocenters. The van der Waals surface area contributed by atoms with Crippen LogP contribution in [-0.2, 0) is 4.79 Å². The minimum atomic E-state index is -1.16. The Balaban J connectivity index is 2.26. The summed E-state index contributed by atoms with van der Waals surface area (Å²) in [7, 11) is 0. The predicted octanol–water partition coefficient (Wildman–Crippen LogP) is 0.00350. The number of carboxylic acids is 1. The van der Waals surface area contributed by atoms with Gasteiger partial charge in [0.05, 0.1) is 6.04 Å². The molecular formula is C9H10N3O3-. The number of nitrogens with one attached hydrogen (secondary N) is 2. The van der Waals surface area contributed by atoms with Crippen molar-refractivity contribution >= 4 is 5.97 Å². The summed E-state index contributed by atoms with van der Waals surface area (Å²) in [5.41, 5.74) is 5.64. The molecule has 3 N–H and O–H groups in total. The second kappa shape index (κ2) is 3.95. The Morgan fingerprint density at radius 2 is 2.07 bits per heavy atom. The first-order valence-electron chi connectivity index (χ1n) is 4.45. The summed E-state index contributed by atoms with van der Waals surface area (Å²) in [5.74, 6) is -1.16. The van der Waals surface area contributed by atoms with E-state index in [1.165, 1.54) is 0 Å². The Kier molecular flexibility index (Phi) is 2.65. The van der Waals surface area contributed by atoms with Gasteiger partial charge in [0.25, 0.3) is 0 Å². The Bertz CT molecular complexity index is 357. The fourth-order valence-corrected chi connectivity index (χ4v) is 1.59. The highest BCUT2D eigenvalue weighted by Crippen LogP contribution is 2.22. The molecule has 1 fully saturated rings. The van der Waals surface area contributed by atoms with Crippen molar-refractivity contribution in [1.82, 2.24) is 16.1 Å². The first-order valence-corrected chi connectivity index (χ1v) is 4.45. The molecule has 1 heterocycles. The molecule has 6 heteroatoms. The van der Waals surface area contributed by atoms with Gasteiger partial charge in [-0.25, -0.2) is 11.0 Å². The van der Waals surface area contributed by atoms with E-state index in [0.29, 0.717) is 5.17 Å². The van der Waals surface area contributed by atoms with Gasteiger partial charge in [-0.05, 0) is 5.56 Å². The molecule has 1 aliphatic heterocycles. The van der Waals surface area contributed by atoms with E-state index in [0.717, 1.165) is 5.56 Å². The number of rotatable bonds is 2. The number of carbonyl (C=O) groups is 1. The number of hydroxylamine groups is 1. The van der Waals surface area contributed by atoms with Crippen molar-refractivity contribution in [3.8, 4) is 0 Å². The highest BCUT2D eigenvalue weighted by atomic mass is 16.6. The van der Waals surface area contributed by atoms with E-state index in [4.69, 9.17) is 5.11 Å². The molecule has 1 aromatic rings. The molecule has 0 aliphatic carbocycles. The maximum absolute atomic E-state index is 11.2. The highest BCUT2D eigenvalue weighted by molar-refractivity contribution is 5.75. The van der Waals surface area contributed by atoms with Crippen LogP contribution in [0.1, 0.15) is 11.6 Å². The van der Waals surface area contributed by atoms with Crippen LogP contribution in [0.15, 0.2) is 30.3 Å². The molecule has 0 aromatic heterocycles. The van der Waals surface area contributed by atoms with E-state index < -0.39 is 18.1 Å². The second-order valence-corrected chi connectivity index (χ2v) is 3.25. The smallest absolute Gasteiger partial charge is 0.323 e. The predicted molar refractivity (Wildman–Crippen MR) is 52.1 cm³/mol. The van der Waals surface area contributed by atoms with Gasteiger partial charge in [-0.3, -0.25) is 9.97 Å². The van der Waals surface area contributed by atoms with Crippen molar-refractivity contribution in [2.45, 2.75) is 12.1 Å². The van der Waals surface area contributed by atoms with Gasteiger partial charge in [0.2, 0.25) is 0 Å². The summed E-state index contributed by atoms with van der Waals surface area (Å²) >= 11 is 0. The average Bonchev–Trinajstić information content (AvgIpc) is 2.61. The molecular weight excluding hydrogens is 198 g/mol. The number of benzene rings is 1. The average molecular weight is 208 g/mol. The van der Waals surface area contributed by atoms with Crippen LogP contribution >= 0.6 is 0 Å². The molecule has 1 saturated heterocycles. The van der Waals surface area contributed by atoms with Gasteiger partial charge in [-0.15, -0.1) is 0 Å². The van der Waals surface area contributed by atoms with E-state index in [1.54, 1.807) is 24.3 Å². The number of aliphatic carboxylic acids is 1. The lowest BCUT2D eigenvalue weighted by atomic mass is 10.0. The molecule has 0 radical (unpaired) electrons. The van der Waals surface area contributed by atoms with Crippen LogP contribution < -0.4 is 11.0 Å². The molecule has 0 amide bonds. The lowest BCUT2D eigenvalue weighted by Crippen LogP contribution is -2.38. The van der Waals surface area contributed by atoms with Crippen LogP contribution in [0.5, 0.6) is 0 Å². The maximum Gasteiger partial charge on any atom is 0.323 e. The summed E-state index contributed by atoms with van der Waals surface area (Å²) in [6.45, 7) is 0. The molecule has 0 spiro atoms.